The summed E-state index contributed by atoms with van der Waals surface area (Å²) in [5.74, 6) is -0.167. The molecule has 0 aliphatic rings. The van der Waals surface area contributed by atoms with Gasteiger partial charge in [-0.3, -0.25) is 0 Å². The Morgan fingerprint density at radius 1 is 0.900 bits per heavy atom. The van der Waals surface area contributed by atoms with Crippen LogP contribution in [0.5, 0.6) is 0 Å². The summed E-state index contributed by atoms with van der Waals surface area (Å²) in [6.07, 6.45) is 0. The molecule has 0 atom stereocenters. The summed E-state index contributed by atoms with van der Waals surface area (Å²) in [7, 11) is 0. The summed E-state index contributed by atoms with van der Waals surface area (Å²) in [5, 5.41) is 18.7. The molecule has 0 aliphatic heterocycles. The van der Waals surface area contributed by atoms with Gasteiger partial charge in [-0.15, -0.1) is 24.7 Å². The first-order chi connectivity index (χ1) is 3.46. The van der Waals surface area contributed by atoms with E-state index in [1.165, 1.54) is 13.8 Å². The molecule has 0 heterocycles. The van der Waals surface area contributed by atoms with E-state index in [-0.39, 0.29) is 70.6 Å². The molecule has 0 amide bonds. The van der Waals surface area contributed by atoms with Gasteiger partial charge in [-0.05, 0) is 0 Å². The molecule has 0 radical (unpaired) electrons. The normalized spacial score (nSPS) is 5.00. The largest absolute Gasteiger partial charge is 1.00 e. The third-order valence-corrected chi connectivity index (χ3v) is 0. The van der Waals surface area contributed by atoms with Crippen LogP contribution < -0.4 is 69.3 Å². The summed E-state index contributed by atoms with van der Waals surface area (Å²) in [6.45, 7) is 8.83. The maximum absolute atomic E-state index is 9.33. The van der Waals surface area contributed by atoms with E-state index in [0.29, 0.717) is 0 Å². The molecule has 2 nitrogen and oxygen atoms in total. The van der Waals surface area contributed by atoms with Crippen molar-refractivity contribution in [3.63, 3.8) is 0 Å². The smallest absolute Gasteiger partial charge is 0.876 e. The van der Waals surface area contributed by atoms with Gasteiger partial charge in [0.2, 0.25) is 0 Å². The van der Waals surface area contributed by atoms with Crippen LogP contribution in [0.1, 0.15) is 13.8 Å². The Balaban J connectivity index is -0.0000000300. The van der Waals surface area contributed by atoms with Crippen molar-refractivity contribution < 1.29 is 69.3 Å². The summed E-state index contributed by atoms with van der Waals surface area (Å²) >= 11 is 0. The third-order valence-electron chi connectivity index (χ3n) is 0. The van der Waals surface area contributed by atoms with Gasteiger partial charge >= 0.3 is 59.1 Å². The van der Waals surface area contributed by atoms with Gasteiger partial charge < -0.3 is 10.2 Å². The summed E-state index contributed by atoms with van der Waals surface area (Å²) in [6, 6.07) is 0. The Morgan fingerprint density at radius 2 is 0.900 bits per heavy atom. The minimum absolute atomic E-state index is 0. The molecule has 0 saturated carbocycles. The fourth-order valence-corrected chi connectivity index (χ4v) is 0. The number of allylic oxidation sites excluding steroid dienone is 2. The molecule has 0 saturated heterocycles. The molecule has 48 valence electrons. The van der Waals surface area contributed by atoms with E-state index in [1.54, 1.807) is 0 Å². The number of rotatable bonds is 0. The zero-order valence-electron chi connectivity index (χ0n) is 7.23. The van der Waals surface area contributed by atoms with Crippen LogP contribution in [-0.4, -0.2) is 0 Å². The van der Waals surface area contributed by atoms with Gasteiger partial charge in [0.25, 0.3) is 0 Å². The molecule has 10 heavy (non-hydrogen) atoms. The van der Waals surface area contributed by atoms with Gasteiger partial charge in [-0.1, -0.05) is 13.8 Å². The molecular weight excluding hydrogens is 150 g/mol. The van der Waals surface area contributed by atoms with E-state index in [2.05, 4.69) is 13.2 Å². The monoisotopic (exact) mass is 160 g/mol. The predicted molar refractivity (Wildman–Crippen MR) is 29.6 cm³/mol. The molecule has 0 aromatic rings. The van der Waals surface area contributed by atoms with E-state index in [0.717, 1.165) is 0 Å². The molecule has 4 heteroatoms. The van der Waals surface area contributed by atoms with Crippen LogP contribution in [0, 0.1) is 0 Å². The standard InChI is InChI=1S/2C3H6O.2Na/c2*1-3(2)4;;/h2*4H,1H2,2H3;;/q;;2*+1/p-2. The number of hydrogen-bond donors (Lipinski definition) is 0. The van der Waals surface area contributed by atoms with Crippen LogP contribution >= 0.6 is 0 Å². The molecule has 0 aliphatic carbocycles. The van der Waals surface area contributed by atoms with Crippen molar-refractivity contribution in [3.05, 3.63) is 24.7 Å². The van der Waals surface area contributed by atoms with Crippen LogP contribution in [0.25, 0.3) is 0 Å². The Labute approximate surface area is 107 Å². The Bertz CT molecular complexity index is 71.7. The van der Waals surface area contributed by atoms with Crippen molar-refractivity contribution >= 4 is 0 Å². The first kappa shape index (κ1) is 22.5. The van der Waals surface area contributed by atoms with Crippen LogP contribution in [0.4, 0.5) is 0 Å². The van der Waals surface area contributed by atoms with E-state index in [1.807, 2.05) is 0 Å². The van der Waals surface area contributed by atoms with E-state index < -0.39 is 0 Å². The molecule has 0 spiro atoms. The minimum atomic E-state index is -0.0833. The van der Waals surface area contributed by atoms with Gasteiger partial charge in [0.1, 0.15) is 0 Å². The maximum Gasteiger partial charge on any atom is 1.00 e. The van der Waals surface area contributed by atoms with Gasteiger partial charge in [-0.25, -0.2) is 0 Å². The molecule has 0 aromatic heterocycles. The fourth-order valence-electron chi connectivity index (χ4n) is 0. The molecule has 0 unspecified atom stereocenters. The summed E-state index contributed by atoms with van der Waals surface area (Å²) in [5.41, 5.74) is 0. The Kier molecular flexibility index (Phi) is 37.2. The second-order valence-corrected chi connectivity index (χ2v) is 1.40. The van der Waals surface area contributed by atoms with Crippen LogP contribution in [-0.2, 0) is 0 Å². The molecular formula is C6H10Na2O2. The average molecular weight is 160 g/mol. The summed E-state index contributed by atoms with van der Waals surface area (Å²) in [4.78, 5) is 0. The SMILES string of the molecule is C=C(C)[O-].C=C(C)[O-].[Na+].[Na+]. The Morgan fingerprint density at radius 3 is 0.900 bits per heavy atom. The zero-order chi connectivity index (χ0) is 7.15. The average Bonchev–Trinajstić information content (AvgIpc) is 1.25. The minimum Gasteiger partial charge on any atom is -0.876 e. The van der Waals surface area contributed by atoms with Crippen LogP contribution in [0.2, 0.25) is 0 Å². The topological polar surface area (TPSA) is 46.1 Å². The summed E-state index contributed by atoms with van der Waals surface area (Å²) < 4.78 is 0. The zero-order valence-corrected chi connectivity index (χ0v) is 11.2. The van der Waals surface area contributed by atoms with Crippen molar-refractivity contribution in [1.29, 1.82) is 0 Å². The van der Waals surface area contributed by atoms with Crippen molar-refractivity contribution in [2.24, 2.45) is 0 Å². The van der Waals surface area contributed by atoms with Crippen LogP contribution in [0.15, 0.2) is 24.7 Å². The predicted octanol–water partition coefficient (Wildman–Crippen LogP) is -6.23. The van der Waals surface area contributed by atoms with Gasteiger partial charge in [0, 0.05) is 0 Å². The number of hydrogen-bond acceptors (Lipinski definition) is 2. The first-order valence-electron chi connectivity index (χ1n) is 2.12. The van der Waals surface area contributed by atoms with Crippen LogP contribution in [0.3, 0.4) is 0 Å². The van der Waals surface area contributed by atoms with Crippen molar-refractivity contribution in [3.8, 4) is 0 Å². The van der Waals surface area contributed by atoms with Crippen molar-refractivity contribution in [2.75, 3.05) is 0 Å². The van der Waals surface area contributed by atoms with E-state index >= 15 is 0 Å². The van der Waals surface area contributed by atoms with Gasteiger partial charge in [-0.2, -0.15) is 0 Å². The van der Waals surface area contributed by atoms with E-state index in [4.69, 9.17) is 0 Å². The molecule has 0 N–H and O–H groups in total. The molecule has 0 fully saturated rings. The first-order valence-corrected chi connectivity index (χ1v) is 2.12. The van der Waals surface area contributed by atoms with E-state index in [9.17, 15) is 10.2 Å². The van der Waals surface area contributed by atoms with Gasteiger partial charge in [0.15, 0.2) is 0 Å². The Hall–Kier alpha value is 1.08. The van der Waals surface area contributed by atoms with Crippen molar-refractivity contribution in [2.45, 2.75) is 13.8 Å². The third kappa shape index (κ3) is 508. The molecule has 0 aromatic carbocycles. The molecule has 0 rings (SSSR count). The second-order valence-electron chi connectivity index (χ2n) is 1.40. The van der Waals surface area contributed by atoms with Crippen molar-refractivity contribution in [1.82, 2.24) is 0 Å². The maximum atomic E-state index is 9.33. The quantitative estimate of drug-likeness (QED) is 0.261. The molecule has 0 bridgehead atoms. The fraction of sp³-hybridized carbons (Fsp3) is 0.333. The van der Waals surface area contributed by atoms with Gasteiger partial charge in [0.05, 0.1) is 0 Å². The second kappa shape index (κ2) is 16.6.